The molecular weight excluding hydrogens is 248 g/mol. The van der Waals surface area contributed by atoms with Gasteiger partial charge in [-0.3, -0.25) is 4.79 Å². The number of nitrogens with one attached hydrogen (secondary N) is 2. The van der Waals surface area contributed by atoms with Crippen molar-refractivity contribution in [1.82, 2.24) is 20.7 Å². The van der Waals surface area contributed by atoms with Gasteiger partial charge in [0.15, 0.2) is 5.69 Å². The van der Waals surface area contributed by atoms with Gasteiger partial charge >= 0.3 is 0 Å². The van der Waals surface area contributed by atoms with Crippen LogP contribution in [0.15, 0.2) is 6.20 Å². The van der Waals surface area contributed by atoms with Crippen molar-refractivity contribution >= 4 is 21.8 Å². The van der Waals surface area contributed by atoms with E-state index in [1.165, 1.54) is 6.20 Å². The molecule has 2 N–H and O–H groups in total. The van der Waals surface area contributed by atoms with Gasteiger partial charge in [-0.25, -0.2) is 0 Å². The van der Waals surface area contributed by atoms with E-state index in [-0.39, 0.29) is 11.9 Å². The van der Waals surface area contributed by atoms with Crippen LogP contribution in [-0.2, 0) is 0 Å². The predicted octanol–water partition coefficient (Wildman–Crippen LogP) is 1.10. The number of aromatic amines is 1. The molecule has 1 aromatic rings. The van der Waals surface area contributed by atoms with Crippen molar-refractivity contribution in [1.29, 1.82) is 0 Å². The average molecular weight is 261 g/mol. The zero-order valence-corrected chi connectivity index (χ0v) is 9.54. The Morgan fingerprint density at radius 3 is 3.07 bits per heavy atom. The summed E-state index contributed by atoms with van der Waals surface area (Å²) in [6, 6.07) is 0.193. The maximum atomic E-state index is 11.5. The standard InChI is InChI=1S/C8H13BrN4O/c1-2-6(3-4-9)11-8(14)7-5-10-13-12-7/h5-6H,2-4H2,1H3,(H,11,14)(H,10,12,13). The Bertz CT molecular complexity index is 275. The number of carbonyl (C=O) groups excluding carboxylic acids is 1. The minimum absolute atomic E-state index is 0.174. The number of nitrogens with zero attached hydrogens (tertiary/aromatic N) is 2. The Morgan fingerprint density at radius 2 is 2.57 bits per heavy atom. The van der Waals surface area contributed by atoms with Gasteiger partial charge in [0.05, 0.1) is 6.20 Å². The fraction of sp³-hybridized carbons (Fsp3) is 0.625. The number of amides is 1. The number of rotatable bonds is 5. The Hall–Kier alpha value is -0.910. The van der Waals surface area contributed by atoms with Crippen LogP contribution in [0.2, 0.25) is 0 Å². The number of carbonyl (C=O) groups is 1. The van der Waals surface area contributed by atoms with E-state index < -0.39 is 0 Å². The second kappa shape index (κ2) is 5.74. The van der Waals surface area contributed by atoms with E-state index in [9.17, 15) is 4.79 Å². The van der Waals surface area contributed by atoms with Gasteiger partial charge < -0.3 is 5.32 Å². The van der Waals surface area contributed by atoms with Crippen LogP contribution >= 0.6 is 15.9 Å². The molecule has 1 rings (SSSR count). The summed E-state index contributed by atoms with van der Waals surface area (Å²) < 4.78 is 0. The monoisotopic (exact) mass is 260 g/mol. The first-order chi connectivity index (χ1) is 6.77. The first-order valence-electron chi connectivity index (χ1n) is 4.50. The predicted molar refractivity (Wildman–Crippen MR) is 56.3 cm³/mol. The Balaban J connectivity index is 2.47. The molecular formula is C8H13BrN4O. The van der Waals surface area contributed by atoms with Gasteiger partial charge in [-0.2, -0.15) is 15.4 Å². The molecule has 1 heterocycles. The summed E-state index contributed by atoms with van der Waals surface area (Å²) in [6.45, 7) is 2.04. The summed E-state index contributed by atoms with van der Waals surface area (Å²) in [4.78, 5) is 11.5. The molecule has 0 aliphatic rings. The second-order valence-electron chi connectivity index (χ2n) is 2.91. The topological polar surface area (TPSA) is 70.7 Å². The van der Waals surface area contributed by atoms with Crippen LogP contribution in [0.3, 0.4) is 0 Å². The summed E-state index contributed by atoms with van der Waals surface area (Å²) in [5.74, 6) is -0.174. The first kappa shape index (κ1) is 11.2. The van der Waals surface area contributed by atoms with E-state index in [0.717, 1.165) is 18.2 Å². The Morgan fingerprint density at radius 1 is 1.79 bits per heavy atom. The molecule has 0 saturated carbocycles. The fourth-order valence-corrected chi connectivity index (χ4v) is 1.63. The first-order valence-corrected chi connectivity index (χ1v) is 5.62. The van der Waals surface area contributed by atoms with Gasteiger partial charge in [0, 0.05) is 11.4 Å². The maximum absolute atomic E-state index is 11.5. The number of alkyl halides is 1. The second-order valence-corrected chi connectivity index (χ2v) is 3.70. The van der Waals surface area contributed by atoms with Crippen molar-refractivity contribution < 1.29 is 4.79 Å². The van der Waals surface area contributed by atoms with E-state index in [4.69, 9.17) is 0 Å². The van der Waals surface area contributed by atoms with Crippen LogP contribution in [0, 0.1) is 0 Å². The van der Waals surface area contributed by atoms with E-state index in [1.807, 2.05) is 6.92 Å². The number of hydrogen-bond donors (Lipinski definition) is 2. The van der Waals surface area contributed by atoms with E-state index in [0.29, 0.717) is 5.69 Å². The van der Waals surface area contributed by atoms with Crippen LogP contribution in [0.5, 0.6) is 0 Å². The molecule has 0 aliphatic heterocycles. The largest absolute Gasteiger partial charge is 0.348 e. The Kier molecular flexibility index (Phi) is 4.58. The molecule has 0 fully saturated rings. The molecule has 0 bridgehead atoms. The summed E-state index contributed by atoms with van der Waals surface area (Å²) in [5, 5.41) is 13.4. The summed E-state index contributed by atoms with van der Waals surface area (Å²) in [6.07, 6.45) is 3.24. The van der Waals surface area contributed by atoms with Crippen molar-refractivity contribution in [2.75, 3.05) is 5.33 Å². The van der Waals surface area contributed by atoms with E-state index in [1.54, 1.807) is 0 Å². The minimum atomic E-state index is -0.174. The lowest BCUT2D eigenvalue weighted by Crippen LogP contribution is -2.34. The van der Waals surface area contributed by atoms with Crippen molar-refractivity contribution in [2.45, 2.75) is 25.8 Å². The van der Waals surface area contributed by atoms with Crippen LogP contribution in [-0.4, -0.2) is 32.7 Å². The lowest BCUT2D eigenvalue weighted by molar-refractivity contribution is 0.0930. The fourth-order valence-electron chi connectivity index (χ4n) is 1.08. The summed E-state index contributed by atoms with van der Waals surface area (Å²) in [7, 11) is 0. The molecule has 14 heavy (non-hydrogen) atoms. The molecule has 0 spiro atoms. The molecule has 78 valence electrons. The molecule has 0 aliphatic carbocycles. The number of H-pyrrole nitrogens is 1. The molecule has 6 heteroatoms. The van der Waals surface area contributed by atoms with Crippen LogP contribution in [0.25, 0.3) is 0 Å². The van der Waals surface area contributed by atoms with Crippen LogP contribution in [0.4, 0.5) is 0 Å². The smallest absolute Gasteiger partial charge is 0.273 e. The third-order valence-electron chi connectivity index (χ3n) is 1.93. The molecule has 0 aromatic carbocycles. The zero-order chi connectivity index (χ0) is 10.4. The maximum Gasteiger partial charge on any atom is 0.273 e. The summed E-state index contributed by atoms with van der Waals surface area (Å²) in [5.41, 5.74) is 0.332. The molecule has 5 nitrogen and oxygen atoms in total. The van der Waals surface area contributed by atoms with E-state index in [2.05, 4.69) is 36.7 Å². The number of hydrogen-bond acceptors (Lipinski definition) is 3. The zero-order valence-electron chi connectivity index (χ0n) is 7.96. The normalized spacial score (nSPS) is 12.4. The molecule has 1 unspecified atom stereocenters. The van der Waals surface area contributed by atoms with Gasteiger partial charge in [-0.15, -0.1) is 0 Å². The van der Waals surface area contributed by atoms with Gasteiger partial charge in [0.25, 0.3) is 5.91 Å². The van der Waals surface area contributed by atoms with Crippen molar-refractivity contribution in [3.8, 4) is 0 Å². The van der Waals surface area contributed by atoms with Crippen molar-refractivity contribution in [3.05, 3.63) is 11.9 Å². The van der Waals surface area contributed by atoms with Crippen molar-refractivity contribution in [2.24, 2.45) is 0 Å². The third kappa shape index (κ3) is 3.10. The van der Waals surface area contributed by atoms with Crippen LogP contribution < -0.4 is 5.32 Å². The van der Waals surface area contributed by atoms with E-state index >= 15 is 0 Å². The molecule has 0 saturated heterocycles. The molecule has 1 aromatic heterocycles. The molecule has 0 radical (unpaired) electrons. The highest BCUT2D eigenvalue weighted by Crippen LogP contribution is 2.01. The van der Waals surface area contributed by atoms with Crippen LogP contribution in [0.1, 0.15) is 30.3 Å². The molecule has 1 atom stereocenters. The highest BCUT2D eigenvalue weighted by Gasteiger charge is 2.13. The number of halogens is 1. The highest BCUT2D eigenvalue weighted by atomic mass is 79.9. The summed E-state index contributed by atoms with van der Waals surface area (Å²) >= 11 is 3.34. The van der Waals surface area contributed by atoms with Crippen molar-refractivity contribution in [3.63, 3.8) is 0 Å². The Labute approximate surface area is 90.8 Å². The van der Waals surface area contributed by atoms with Gasteiger partial charge in [-0.1, -0.05) is 22.9 Å². The molecule has 1 amide bonds. The SMILES string of the molecule is CCC(CCBr)NC(=O)c1cn[nH]n1. The lowest BCUT2D eigenvalue weighted by atomic mass is 10.2. The van der Waals surface area contributed by atoms with Gasteiger partial charge in [-0.05, 0) is 12.8 Å². The van der Waals surface area contributed by atoms with Gasteiger partial charge in [0.2, 0.25) is 0 Å². The number of aromatic nitrogens is 3. The third-order valence-corrected chi connectivity index (χ3v) is 2.39. The minimum Gasteiger partial charge on any atom is -0.348 e. The lowest BCUT2D eigenvalue weighted by Gasteiger charge is -2.14. The highest BCUT2D eigenvalue weighted by molar-refractivity contribution is 9.09. The average Bonchev–Trinajstić information content (AvgIpc) is 2.69. The van der Waals surface area contributed by atoms with Gasteiger partial charge in [0.1, 0.15) is 0 Å². The quantitative estimate of drug-likeness (QED) is 0.779.